The number of fused-ring (bicyclic) bond motifs is 6. The van der Waals surface area contributed by atoms with E-state index in [-0.39, 0.29) is 34.2 Å². The highest BCUT2D eigenvalue weighted by Crippen LogP contribution is 2.50. The van der Waals surface area contributed by atoms with Crippen molar-refractivity contribution >= 4 is 64.4 Å². The first-order valence-corrected chi connectivity index (χ1v) is 21.4. The average Bonchev–Trinajstić information content (AvgIpc) is 3.13. The van der Waals surface area contributed by atoms with E-state index < -0.39 is 42.4 Å². The third-order valence-corrected chi connectivity index (χ3v) is 11.3. The molecule has 0 saturated carbocycles. The average molecular weight is 869 g/mol. The molecule has 4 aromatic rings. The van der Waals surface area contributed by atoms with Crippen LogP contribution in [0.25, 0.3) is 0 Å². The minimum atomic E-state index is -3.72. The number of hydrogen-bond acceptors (Lipinski definition) is 6. The minimum Gasteiger partial charge on any atom is -0.488 e. The molecular weight excluding hydrogens is 834 g/mol. The fourth-order valence-corrected chi connectivity index (χ4v) is 8.75. The number of benzene rings is 4. The van der Waals surface area contributed by atoms with Crippen LogP contribution in [0.4, 0.5) is 17.6 Å². The second-order valence-electron chi connectivity index (χ2n) is 13.7. The van der Waals surface area contributed by atoms with Gasteiger partial charge in [0.05, 0.1) is 17.1 Å². The second-order valence-corrected chi connectivity index (χ2v) is 18.7. The molecule has 4 aliphatic heterocycles. The molecule has 4 aliphatic rings. The van der Waals surface area contributed by atoms with E-state index in [9.17, 15) is 13.2 Å². The molecule has 2 saturated heterocycles. The van der Waals surface area contributed by atoms with Crippen LogP contribution in [-0.4, -0.2) is 46.8 Å². The van der Waals surface area contributed by atoms with E-state index in [2.05, 4.69) is 32.0 Å². The van der Waals surface area contributed by atoms with Gasteiger partial charge in [0, 0.05) is 53.4 Å². The maximum absolute atomic E-state index is 15.0. The summed E-state index contributed by atoms with van der Waals surface area (Å²) in [7, 11) is 4.81. The van der Waals surface area contributed by atoms with Gasteiger partial charge < -0.3 is 20.1 Å². The van der Waals surface area contributed by atoms with Crippen molar-refractivity contribution in [1.82, 2.24) is 10.6 Å². The van der Waals surface area contributed by atoms with Crippen molar-refractivity contribution < 1.29 is 35.5 Å². The van der Waals surface area contributed by atoms with Gasteiger partial charge in [-0.2, -0.15) is 8.42 Å². The second kappa shape index (κ2) is 16.9. The zero-order valence-electron chi connectivity index (χ0n) is 28.5. The van der Waals surface area contributed by atoms with E-state index in [1.54, 1.807) is 0 Å². The lowest BCUT2D eigenvalue weighted by atomic mass is 9.64. The van der Waals surface area contributed by atoms with Crippen molar-refractivity contribution in [2.75, 3.05) is 26.3 Å². The summed E-state index contributed by atoms with van der Waals surface area (Å²) in [5.74, 6) is -2.01. The van der Waals surface area contributed by atoms with Crippen LogP contribution >= 0.6 is 56.2 Å². The largest absolute Gasteiger partial charge is 0.488 e. The van der Waals surface area contributed by atoms with Gasteiger partial charge in [-0.25, -0.2) is 17.6 Å². The lowest BCUT2D eigenvalue weighted by Gasteiger charge is -2.48. The predicted octanol–water partition coefficient (Wildman–Crippen LogP) is 9.85. The fraction of sp³-hybridized carbons (Fsp3) is 0.368. The lowest BCUT2D eigenvalue weighted by molar-refractivity contribution is 0.113. The Balaban J connectivity index is 0.000000164. The standard InChI is InChI=1S/C19H17Cl2F2NO.C19H18ClF2NO.Cl2O2S/c20-12-4-2-11(3-5-12)9-19-6-1-7-24-15(19)10-25-18-14(22)8-13(21)17(23)16(18)19;20-13-4-2-12(3-5-13)10-19-8-1-9-23-16(19)11-24-18-15(22)7-6-14(21)17(18)19;1-5(2,3)4/h2-5,8,15,24H,1,6-7,9-10H2;2-7,16,23H,1,8-11H2;/t15-,19+;16-,19+;/m00./s1. The van der Waals surface area contributed by atoms with Crippen LogP contribution in [0.2, 0.25) is 15.1 Å². The Labute approximate surface area is 335 Å². The molecule has 0 amide bonds. The van der Waals surface area contributed by atoms with Crippen LogP contribution in [0.5, 0.6) is 11.5 Å². The van der Waals surface area contributed by atoms with Crippen LogP contribution in [0.1, 0.15) is 47.9 Å². The molecule has 290 valence electrons. The van der Waals surface area contributed by atoms with E-state index in [0.29, 0.717) is 41.7 Å². The minimum absolute atomic E-state index is 0.00388. The summed E-state index contributed by atoms with van der Waals surface area (Å²) in [6.45, 7) is 2.35. The predicted molar refractivity (Wildman–Crippen MR) is 205 cm³/mol. The highest BCUT2D eigenvalue weighted by atomic mass is 36.0. The Hall–Kier alpha value is -2.48. The highest BCUT2D eigenvalue weighted by Gasteiger charge is 2.51. The fourth-order valence-electron chi connectivity index (χ4n) is 8.30. The summed E-state index contributed by atoms with van der Waals surface area (Å²) in [6.07, 6.45) is 4.51. The Morgan fingerprint density at radius 1 is 0.648 bits per heavy atom. The number of hydrogen-bond donors (Lipinski definition) is 2. The van der Waals surface area contributed by atoms with Crippen molar-refractivity contribution in [3.63, 3.8) is 0 Å². The molecule has 0 bridgehead atoms. The molecule has 0 aliphatic carbocycles. The first kappa shape index (κ1) is 41.2. The molecule has 0 spiro atoms. The summed E-state index contributed by atoms with van der Waals surface area (Å²) in [4.78, 5) is 0. The molecule has 2 N–H and O–H groups in total. The SMILES string of the molecule is Fc1cc(Cl)c(F)c2c1OC[C@@H]1NCCC[C@]21Cc1ccc(Cl)cc1.Fc1ccc(F)c2c1OC[C@@H]1NCCC[C@]21Cc1ccc(Cl)cc1.O=S(=O)(Cl)Cl. The quantitative estimate of drug-likeness (QED) is 0.121. The molecular formula is C38H35Cl5F4N2O4S. The van der Waals surface area contributed by atoms with Crippen molar-refractivity contribution in [3.8, 4) is 11.5 Å². The zero-order valence-corrected chi connectivity index (χ0v) is 33.1. The highest BCUT2D eigenvalue weighted by molar-refractivity contribution is 8.31. The number of ether oxygens (including phenoxy) is 2. The van der Waals surface area contributed by atoms with Gasteiger partial charge in [0.2, 0.25) is 0 Å². The van der Waals surface area contributed by atoms with E-state index in [0.717, 1.165) is 62.0 Å². The van der Waals surface area contributed by atoms with Gasteiger partial charge in [-0.1, -0.05) is 59.1 Å². The number of rotatable bonds is 4. The Bertz CT molecular complexity index is 2090. The topological polar surface area (TPSA) is 76.7 Å². The number of piperidine rings is 2. The van der Waals surface area contributed by atoms with Crippen LogP contribution in [0, 0.1) is 23.3 Å². The molecule has 8 rings (SSSR count). The van der Waals surface area contributed by atoms with Crippen LogP contribution in [0.3, 0.4) is 0 Å². The Kier molecular flexibility index (Phi) is 12.9. The van der Waals surface area contributed by atoms with Crippen LogP contribution < -0.4 is 20.1 Å². The number of halogens is 9. The number of nitrogens with one attached hydrogen (secondary N) is 2. The summed E-state index contributed by atoms with van der Waals surface area (Å²) in [5.41, 5.74) is 1.61. The van der Waals surface area contributed by atoms with Crippen LogP contribution in [0.15, 0.2) is 66.7 Å². The summed E-state index contributed by atoms with van der Waals surface area (Å²) in [6, 6.07) is 18.3. The van der Waals surface area contributed by atoms with Gasteiger partial charge in [-0.3, -0.25) is 0 Å². The molecule has 4 aromatic carbocycles. The van der Waals surface area contributed by atoms with Gasteiger partial charge in [-0.15, -0.1) is 0 Å². The smallest absolute Gasteiger partial charge is 0.317 e. The third-order valence-electron chi connectivity index (χ3n) is 10.6. The van der Waals surface area contributed by atoms with E-state index in [4.69, 9.17) is 52.7 Å². The van der Waals surface area contributed by atoms with E-state index in [1.165, 1.54) is 6.07 Å². The van der Waals surface area contributed by atoms with Crippen molar-refractivity contribution in [2.24, 2.45) is 0 Å². The first-order chi connectivity index (χ1) is 25.6. The van der Waals surface area contributed by atoms with Gasteiger partial charge >= 0.3 is 8.26 Å². The van der Waals surface area contributed by atoms with E-state index in [1.807, 2.05) is 48.5 Å². The van der Waals surface area contributed by atoms with Crippen molar-refractivity contribution in [1.29, 1.82) is 0 Å². The molecule has 4 atom stereocenters. The summed E-state index contributed by atoms with van der Waals surface area (Å²) >= 11 is 17.9. The summed E-state index contributed by atoms with van der Waals surface area (Å²) in [5, 5.41) is 7.96. The van der Waals surface area contributed by atoms with Gasteiger partial charge in [-0.05, 0) is 105 Å². The molecule has 4 heterocycles. The molecule has 6 nitrogen and oxygen atoms in total. The van der Waals surface area contributed by atoms with Gasteiger partial charge in [0.1, 0.15) is 24.8 Å². The molecule has 0 unspecified atom stereocenters. The molecule has 2 fully saturated rings. The van der Waals surface area contributed by atoms with Crippen molar-refractivity contribution in [3.05, 3.63) is 127 Å². The Morgan fingerprint density at radius 3 is 1.56 bits per heavy atom. The monoisotopic (exact) mass is 866 g/mol. The van der Waals surface area contributed by atoms with Gasteiger partial charge in [0.25, 0.3) is 0 Å². The normalized spacial score (nSPS) is 24.0. The maximum Gasteiger partial charge on any atom is 0.317 e. The van der Waals surface area contributed by atoms with E-state index >= 15 is 4.39 Å². The maximum atomic E-state index is 15.0. The molecule has 16 heteroatoms. The Morgan fingerprint density at radius 2 is 1.07 bits per heavy atom. The van der Waals surface area contributed by atoms with Crippen LogP contribution in [-0.2, 0) is 31.9 Å². The molecule has 54 heavy (non-hydrogen) atoms. The lowest BCUT2D eigenvalue weighted by Crippen LogP contribution is -2.59. The summed E-state index contributed by atoms with van der Waals surface area (Å²) < 4.78 is 87.9. The molecule has 0 aromatic heterocycles. The first-order valence-electron chi connectivity index (χ1n) is 17.1. The van der Waals surface area contributed by atoms with Gasteiger partial charge in [0.15, 0.2) is 23.1 Å². The zero-order chi connectivity index (χ0) is 38.8. The molecule has 0 radical (unpaired) electrons. The van der Waals surface area contributed by atoms with Crippen molar-refractivity contribution in [2.45, 2.75) is 61.4 Å². The third kappa shape index (κ3) is 8.89.